The van der Waals surface area contributed by atoms with Gasteiger partial charge >= 0.3 is 0 Å². The lowest BCUT2D eigenvalue weighted by Crippen LogP contribution is -2.65. The van der Waals surface area contributed by atoms with Crippen molar-refractivity contribution in [3.63, 3.8) is 0 Å². The first-order chi connectivity index (χ1) is 16.6. The highest BCUT2D eigenvalue weighted by molar-refractivity contribution is 5.82. The van der Waals surface area contributed by atoms with Crippen molar-refractivity contribution in [3.05, 3.63) is 22.9 Å². The minimum Gasteiger partial charge on any atom is -0.384 e. The zero-order valence-corrected chi connectivity index (χ0v) is 23.7. The summed E-state index contributed by atoms with van der Waals surface area (Å²) in [6, 6.07) is 0. The van der Waals surface area contributed by atoms with Crippen molar-refractivity contribution in [1.29, 1.82) is 0 Å². The Morgan fingerprint density at radius 1 is 1.00 bits per heavy atom. The number of aromatic amines is 1. The van der Waals surface area contributed by atoms with Crippen molar-refractivity contribution in [2.45, 2.75) is 112 Å². The maximum absolute atomic E-state index is 13.1. The van der Waals surface area contributed by atoms with Gasteiger partial charge in [-0.3, -0.25) is 9.89 Å². The minimum atomic E-state index is -0.349. The Bertz CT molecular complexity index is 1160. The first-order valence-electron chi connectivity index (χ1n) is 14.5. The molecule has 7 atom stereocenters. The van der Waals surface area contributed by atoms with E-state index < -0.39 is 0 Å². The predicted molar refractivity (Wildman–Crippen MR) is 145 cm³/mol. The van der Waals surface area contributed by atoms with Crippen LogP contribution in [0.2, 0.25) is 0 Å². The molecule has 1 amide bonds. The molecule has 5 aliphatic carbocycles. The second-order valence-corrected chi connectivity index (χ2v) is 15.6. The monoisotopic (exact) mass is 492 g/mol. The Morgan fingerprint density at radius 2 is 1.69 bits per heavy atom. The van der Waals surface area contributed by atoms with E-state index in [1.54, 1.807) is 5.57 Å². The van der Waals surface area contributed by atoms with Crippen LogP contribution in [-0.4, -0.2) is 16.1 Å². The van der Waals surface area contributed by atoms with E-state index in [-0.39, 0.29) is 38.4 Å². The molecule has 3 unspecified atom stereocenters. The van der Waals surface area contributed by atoms with Crippen LogP contribution in [0.5, 0.6) is 0 Å². The lowest BCUT2D eigenvalue weighted by Gasteiger charge is -2.70. The van der Waals surface area contributed by atoms with Crippen molar-refractivity contribution in [2.24, 2.45) is 50.6 Å². The van der Waals surface area contributed by atoms with Gasteiger partial charge in [-0.15, -0.1) is 0 Å². The van der Waals surface area contributed by atoms with Crippen LogP contribution in [-0.2, 0) is 16.6 Å². The molecule has 1 aromatic heterocycles. The number of hydrogen-bond donors (Lipinski definition) is 3. The molecule has 5 heteroatoms. The van der Waals surface area contributed by atoms with Crippen molar-refractivity contribution in [3.8, 4) is 0 Å². The summed E-state index contributed by atoms with van der Waals surface area (Å²) in [5.74, 6) is 2.16. The number of aromatic nitrogens is 2. The third-order valence-corrected chi connectivity index (χ3v) is 13.3. The smallest absolute Gasteiger partial charge is 0.224 e. The Morgan fingerprint density at radius 3 is 2.39 bits per heavy atom. The molecule has 1 aromatic rings. The number of nitrogens with two attached hydrogens (primary N) is 2. The van der Waals surface area contributed by atoms with Gasteiger partial charge in [-0.2, -0.15) is 5.10 Å². The molecule has 3 saturated carbocycles. The first-order valence-corrected chi connectivity index (χ1v) is 14.5. The van der Waals surface area contributed by atoms with Crippen molar-refractivity contribution in [2.75, 3.05) is 5.73 Å². The van der Waals surface area contributed by atoms with Gasteiger partial charge in [0.05, 0.1) is 11.1 Å². The van der Waals surface area contributed by atoms with E-state index in [0.717, 1.165) is 50.8 Å². The maximum atomic E-state index is 13.1. The number of nitrogens with zero attached hydrogens (tertiary/aromatic N) is 1. The minimum absolute atomic E-state index is 0.00373. The average Bonchev–Trinajstić information content (AvgIpc) is 3.14. The highest BCUT2D eigenvalue weighted by Gasteiger charge is 2.69. The van der Waals surface area contributed by atoms with E-state index in [0.29, 0.717) is 17.8 Å². The number of carbonyl (C=O) groups is 1. The topological polar surface area (TPSA) is 97.8 Å². The number of hydrogen-bond acceptors (Lipinski definition) is 3. The number of nitrogen functional groups attached to an aromatic ring is 1. The SMILES string of the molecule is CC1(C)CC[C@]2(C(N)=O)CC[C@]3(C)C(=CCC4[C@@]5(C)Cc6c(n[nH]c6N)C(C)(C)C5CC[C@]43C)C2C1. The molecule has 1 heterocycles. The number of H-pyrrole nitrogens is 1. The molecular formula is C31H48N4O. The van der Waals surface area contributed by atoms with Gasteiger partial charge in [0.15, 0.2) is 0 Å². The second kappa shape index (κ2) is 6.99. The Kier molecular flexibility index (Phi) is 4.77. The third-order valence-electron chi connectivity index (χ3n) is 13.3. The fourth-order valence-corrected chi connectivity index (χ4v) is 11.1. The van der Waals surface area contributed by atoms with Gasteiger partial charge in [-0.25, -0.2) is 0 Å². The highest BCUT2D eigenvalue weighted by Crippen LogP contribution is 2.75. The van der Waals surface area contributed by atoms with Crippen LogP contribution in [0.25, 0.3) is 0 Å². The molecule has 36 heavy (non-hydrogen) atoms. The Labute approximate surface area is 217 Å². The molecule has 0 radical (unpaired) electrons. The third kappa shape index (κ3) is 2.73. The summed E-state index contributed by atoms with van der Waals surface area (Å²) in [6.45, 7) is 17.3. The van der Waals surface area contributed by atoms with Crippen LogP contribution in [0.1, 0.15) is 111 Å². The molecule has 198 valence electrons. The first kappa shape index (κ1) is 24.6. The molecule has 0 bridgehead atoms. The summed E-state index contributed by atoms with van der Waals surface area (Å²) >= 11 is 0. The van der Waals surface area contributed by atoms with Crippen molar-refractivity contribution < 1.29 is 4.79 Å². The van der Waals surface area contributed by atoms with E-state index in [4.69, 9.17) is 16.6 Å². The summed E-state index contributed by atoms with van der Waals surface area (Å²) in [5, 5.41) is 7.83. The van der Waals surface area contributed by atoms with E-state index in [1.165, 1.54) is 24.1 Å². The standard InChI is InChI=1S/C31H48N4O/c1-26(2)12-14-31(25(33)36)15-13-29(6)19(20(31)17-26)8-9-22-28(5)16-18-23(34-35-24(18)32)27(3,4)21(28)10-11-30(22,29)7/h8,20-22H,9-17H2,1-7H3,(H2,33,36)(H3,32,34,35)/t20?,21?,22?,28-,29+,30+,31-/m0/s1. The summed E-state index contributed by atoms with van der Waals surface area (Å²) in [7, 11) is 0. The zero-order valence-electron chi connectivity index (χ0n) is 23.7. The molecule has 6 rings (SSSR count). The van der Waals surface area contributed by atoms with Gasteiger partial charge in [0.1, 0.15) is 5.82 Å². The molecule has 3 fully saturated rings. The van der Waals surface area contributed by atoms with Gasteiger partial charge < -0.3 is 11.5 Å². The summed E-state index contributed by atoms with van der Waals surface area (Å²) < 4.78 is 0. The molecule has 5 nitrogen and oxygen atoms in total. The van der Waals surface area contributed by atoms with Gasteiger partial charge in [-0.1, -0.05) is 60.1 Å². The van der Waals surface area contributed by atoms with Crippen LogP contribution >= 0.6 is 0 Å². The lowest BCUT2D eigenvalue weighted by molar-refractivity contribution is -0.166. The molecule has 0 aliphatic heterocycles. The van der Waals surface area contributed by atoms with E-state index in [2.05, 4.69) is 59.6 Å². The van der Waals surface area contributed by atoms with Gasteiger partial charge in [-0.05, 0) is 97.2 Å². The number of nitrogens with one attached hydrogen (secondary N) is 1. The fraction of sp³-hybridized carbons (Fsp3) is 0.806. The van der Waals surface area contributed by atoms with E-state index >= 15 is 0 Å². The van der Waals surface area contributed by atoms with E-state index in [9.17, 15) is 4.79 Å². The number of anilines is 1. The largest absolute Gasteiger partial charge is 0.384 e. The predicted octanol–water partition coefficient (Wildman–Crippen LogP) is 6.29. The highest BCUT2D eigenvalue weighted by atomic mass is 16.1. The van der Waals surface area contributed by atoms with Crippen LogP contribution < -0.4 is 11.5 Å². The normalized spacial score (nSPS) is 46.3. The van der Waals surface area contributed by atoms with Gasteiger partial charge in [0, 0.05) is 11.0 Å². The molecule has 0 aromatic carbocycles. The summed E-state index contributed by atoms with van der Waals surface area (Å²) in [5.41, 5.74) is 17.1. The van der Waals surface area contributed by atoms with Crippen LogP contribution in [0, 0.1) is 44.8 Å². The maximum Gasteiger partial charge on any atom is 0.224 e. The van der Waals surface area contributed by atoms with Gasteiger partial charge in [0.25, 0.3) is 0 Å². The van der Waals surface area contributed by atoms with Crippen LogP contribution in [0.3, 0.4) is 0 Å². The summed E-state index contributed by atoms with van der Waals surface area (Å²) in [6.07, 6.45) is 12.3. The zero-order chi connectivity index (χ0) is 26.1. The van der Waals surface area contributed by atoms with Crippen molar-refractivity contribution >= 4 is 11.7 Å². The molecule has 0 spiro atoms. The number of rotatable bonds is 1. The number of allylic oxidation sites excluding steroid dienone is 2. The number of carbonyl (C=O) groups excluding carboxylic acids is 1. The quantitative estimate of drug-likeness (QED) is 0.402. The lowest BCUT2D eigenvalue weighted by atomic mass is 9.33. The van der Waals surface area contributed by atoms with Crippen LogP contribution in [0.4, 0.5) is 5.82 Å². The molecule has 5 aliphatic rings. The molecular weight excluding hydrogens is 444 g/mol. The molecule has 5 N–H and O–H groups in total. The number of primary amides is 1. The second-order valence-electron chi connectivity index (χ2n) is 15.6. The summed E-state index contributed by atoms with van der Waals surface area (Å²) in [4.78, 5) is 13.1. The van der Waals surface area contributed by atoms with Gasteiger partial charge in [0.2, 0.25) is 5.91 Å². The molecule has 0 saturated heterocycles. The van der Waals surface area contributed by atoms with Crippen molar-refractivity contribution in [1.82, 2.24) is 10.2 Å². The Hall–Kier alpha value is -1.78. The van der Waals surface area contributed by atoms with E-state index in [1.807, 2.05) is 0 Å². The average molecular weight is 493 g/mol. The van der Waals surface area contributed by atoms with Crippen LogP contribution in [0.15, 0.2) is 11.6 Å². The Balaban J connectivity index is 1.47. The number of fused-ring (bicyclic) bond motifs is 8. The fourth-order valence-electron chi connectivity index (χ4n) is 11.1. The number of amides is 1.